The molecule has 1 fully saturated rings. The number of para-hydroxylation sites is 2. The van der Waals surface area contributed by atoms with E-state index in [4.69, 9.17) is 19.9 Å². The molecule has 7 heteroatoms. The molecule has 2 N–H and O–H groups in total. The summed E-state index contributed by atoms with van der Waals surface area (Å²) in [5.41, 5.74) is 5.58. The molecule has 2 heterocycles. The highest BCUT2D eigenvalue weighted by atomic mass is 35.5. The van der Waals surface area contributed by atoms with Crippen LogP contribution < -0.4 is 15.2 Å². The molecule has 128 valence electrons. The van der Waals surface area contributed by atoms with Crippen molar-refractivity contribution >= 4 is 18.3 Å². The summed E-state index contributed by atoms with van der Waals surface area (Å²) in [6.07, 6.45) is 1.03. The number of ether oxygens (including phenoxy) is 3. The van der Waals surface area contributed by atoms with Gasteiger partial charge in [0.2, 0.25) is 0 Å². The van der Waals surface area contributed by atoms with Gasteiger partial charge in [0.25, 0.3) is 5.91 Å². The number of benzene rings is 1. The lowest BCUT2D eigenvalue weighted by molar-refractivity contribution is -0.142. The fourth-order valence-electron chi connectivity index (χ4n) is 2.86. The zero-order valence-electron chi connectivity index (χ0n) is 13.1. The molecule has 3 rings (SSSR count). The summed E-state index contributed by atoms with van der Waals surface area (Å²) >= 11 is 0. The Balaban J connectivity index is 0.00000192. The number of hydrogen-bond donors (Lipinski definition) is 1. The fraction of sp³-hybridized carbons (Fsp3) is 0.562. The van der Waals surface area contributed by atoms with Crippen molar-refractivity contribution in [2.24, 2.45) is 5.73 Å². The molecule has 1 unspecified atom stereocenters. The average molecular weight is 343 g/mol. The largest absolute Gasteiger partial charge is 0.486 e. The van der Waals surface area contributed by atoms with Gasteiger partial charge in [0.05, 0.1) is 12.6 Å². The van der Waals surface area contributed by atoms with E-state index in [0.717, 1.165) is 24.3 Å². The van der Waals surface area contributed by atoms with Crippen molar-refractivity contribution in [3.05, 3.63) is 24.3 Å². The van der Waals surface area contributed by atoms with Gasteiger partial charge in [-0.05, 0) is 25.0 Å². The summed E-state index contributed by atoms with van der Waals surface area (Å²) < 4.78 is 17.2. The van der Waals surface area contributed by atoms with Crippen LogP contribution in [0.2, 0.25) is 0 Å². The van der Waals surface area contributed by atoms with Gasteiger partial charge in [-0.15, -0.1) is 12.4 Å². The van der Waals surface area contributed by atoms with Crippen molar-refractivity contribution < 1.29 is 19.0 Å². The summed E-state index contributed by atoms with van der Waals surface area (Å²) in [5, 5.41) is 0. The smallest absolute Gasteiger partial charge is 0.251 e. The molecule has 3 atom stereocenters. The van der Waals surface area contributed by atoms with Gasteiger partial charge in [0.15, 0.2) is 17.6 Å². The molecule has 2 aliphatic rings. The van der Waals surface area contributed by atoms with Crippen LogP contribution in [0.3, 0.4) is 0 Å². The summed E-state index contributed by atoms with van der Waals surface area (Å²) in [4.78, 5) is 14.0. The molecule has 23 heavy (non-hydrogen) atoms. The van der Waals surface area contributed by atoms with Crippen molar-refractivity contribution in [1.82, 2.24) is 4.90 Å². The van der Waals surface area contributed by atoms with E-state index < -0.39 is 0 Å². The number of nitrogens with two attached hydrogens (primary N) is 1. The van der Waals surface area contributed by atoms with Crippen molar-refractivity contribution in [2.75, 3.05) is 26.7 Å². The van der Waals surface area contributed by atoms with E-state index >= 15 is 0 Å². The third-order valence-corrected chi connectivity index (χ3v) is 4.07. The number of fused-ring (bicyclic) bond motifs is 1. The number of hydrogen-bond acceptors (Lipinski definition) is 5. The Hall–Kier alpha value is -1.50. The lowest BCUT2D eigenvalue weighted by Crippen LogP contribution is -2.45. The van der Waals surface area contributed by atoms with E-state index in [1.807, 2.05) is 24.3 Å². The van der Waals surface area contributed by atoms with Gasteiger partial charge >= 0.3 is 0 Å². The van der Waals surface area contributed by atoms with Gasteiger partial charge in [-0.1, -0.05) is 12.1 Å². The maximum Gasteiger partial charge on any atom is 0.251 e. The number of carbonyl (C=O) groups excluding carboxylic acids is 1. The van der Waals surface area contributed by atoms with E-state index in [-0.39, 0.29) is 36.6 Å². The summed E-state index contributed by atoms with van der Waals surface area (Å²) in [6, 6.07) is 7.55. The monoisotopic (exact) mass is 342 g/mol. The van der Waals surface area contributed by atoms with E-state index in [2.05, 4.69) is 0 Å². The van der Waals surface area contributed by atoms with E-state index in [1.54, 1.807) is 11.9 Å². The highest BCUT2D eigenvalue weighted by molar-refractivity contribution is 5.85. The van der Waals surface area contributed by atoms with E-state index in [9.17, 15) is 4.79 Å². The van der Waals surface area contributed by atoms with Crippen LogP contribution in [0.4, 0.5) is 0 Å². The molecule has 0 aromatic heterocycles. The van der Waals surface area contributed by atoms with Crippen molar-refractivity contribution in [3.8, 4) is 11.5 Å². The average Bonchev–Trinajstić information content (AvgIpc) is 3.03. The molecular formula is C16H23ClN2O4. The molecular weight excluding hydrogens is 320 g/mol. The van der Waals surface area contributed by atoms with Gasteiger partial charge < -0.3 is 24.8 Å². The highest BCUT2D eigenvalue weighted by Gasteiger charge is 2.33. The second-order valence-corrected chi connectivity index (χ2v) is 5.78. The Kier molecular flexibility index (Phi) is 6.10. The highest BCUT2D eigenvalue weighted by Crippen LogP contribution is 2.31. The quantitative estimate of drug-likeness (QED) is 0.890. The third kappa shape index (κ3) is 4.07. The van der Waals surface area contributed by atoms with Gasteiger partial charge in [-0.2, -0.15) is 0 Å². The SMILES string of the molecule is CN(CC1COc2ccccc2O1)C(=O)[C@@H]1CC[C@H](CN)O1.Cl. The van der Waals surface area contributed by atoms with Crippen LogP contribution in [0.1, 0.15) is 12.8 Å². The molecule has 0 radical (unpaired) electrons. The normalized spacial score (nSPS) is 25.6. The van der Waals surface area contributed by atoms with Gasteiger partial charge in [-0.3, -0.25) is 4.79 Å². The van der Waals surface area contributed by atoms with Crippen LogP contribution in [-0.4, -0.2) is 55.9 Å². The molecule has 0 saturated carbocycles. The Morgan fingerprint density at radius 3 is 2.70 bits per heavy atom. The molecule has 2 aliphatic heterocycles. The number of carbonyl (C=O) groups is 1. The van der Waals surface area contributed by atoms with Crippen LogP contribution >= 0.6 is 12.4 Å². The summed E-state index contributed by atoms with van der Waals surface area (Å²) in [6.45, 7) is 1.37. The predicted octanol–water partition coefficient (Wildman–Crippen LogP) is 1.21. The van der Waals surface area contributed by atoms with E-state index in [1.165, 1.54) is 0 Å². The van der Waals surface area contributed by atoms with Crippen LogP contribution in [0.25, 0.3) is 0 Å². The minimum atomic E-state index is -0.379. The number of halogens is 1. The first-order valence-electron chi connectivity index (χ1n) is 7.66. The number of amides is 1. The molecule has 1 aromatic carbocycles. The van der Waals surface area contributed by atoms with Crippen molar-refractivity contribution in [1.29, 1.82) is 0 Å². The lowest BCUT2D eigenvalue weighted by Gasteiger charge is -2.30. The first-order valence-corrected chi connectivity index (χ1v) is 7.66. The van der Waals surface area contributed by atoms with Crippen LogP contribution in [-0.2, 0) is 9.53 Å². The molecule has 1 saturated heterocycles. The Morgan fingerprint density at radius 1 is 1.26 bits per heavy atom. The van der Waals surface area contributed by atoms with Crippen LogP contribution in [0, 0.1) is 0 Å². The first-order chi connectivity index (χ1) is 10.7. The van der Waals surface area contributed by atoms with Gasteiger partial charge in [0.1, 0.15) is 12.7 Å². The second kappa shape index (κ2) is 7.86. The second-order valence-electron chi connectivity index (χ2n) is 5.78. The minimum absolute atomic E-state index is 0. The molecule has 0 aliphatic carbocycles. The topological polar surface area (TPSA) is 74.0 Å². The predicted molar refractivity (Wildman–Crippen MR) is 88.2 cm³/mol. The number of likely N-dealkylation sites (N-methyl/N-ethyl adjacent to an activating group) is 1. The Labute approximate surface area is 142 Å². The number of nitrogens with zero attached hydrogens (tertiary/aromatic N) is 1. The maximum atomic E-state index is 12.4. The summed E-state index contributed by atoms with van der Waals surface area (Å²) in [7, 11) is 1.77. The zero-order valence-corrected chi connectivity index (χ0v) is 14.0. The Morgan fingerprint density at radius 2 is 2.00 bits per heavy atom. The maximum absolute atomic E-state index is 12.4. The molecule has 1 aromatic rings. The molecule has 1 amide bonds. The fourth-order valence-corrected chi connectivity index (χ4v) is 2.86. The molecule has 0 bridgehead atoms. The van der Waals surface area contributed by atoms with Crippen LogP contribution in [0.5, 0.6) is 11.5 Å². The standard InChI is InChI=1S/C16H22N2O4.ClH/c1-18(16(19)15-7-6-11(8-17)21-15)9-12-10-20-13-4-2-3-5-14(13)22-12;/h2-5,11-12,15H,6-10,17H2,1H3;1H/t11-,12?,15+;/m1./s1. The van der Waals surface area contributed by atoms with Crippen LogP contribution in [0.15, 0.2) is 24.3 Å². The molecule has 6 nitrogen and oxygen atoms in total. The zero-order chi connectivity index (χ0) is 15.5. The van der Waals surface area contributed by atoms with Gasteiger partial charge in [-0.25, -0.2) is 0 Å². The lowest BCUT2D eigenvalue weighted by atomic mass is 10.1. The van der Waals surface area contributed by atoms with E-state index in [0.29, 0.717) is 19.7 Å². The third-order valence-electron chi connectivity index (χ3n) is 4.07. The van der Waals surface area contributed by atoms with Gasteiger partial charge in [0, 0.05) is 13.6 Å². The van der Waals surface area contributed by atoms with Crippen molar-refractivity contribution in [3.63, 3.8) is 0 Å². The molecule has 0 spiro atoms. The minimum Gasteiger partial charge on any atom is -0.486 e. The number of rotatable bonds is 4. The van der Waals surface area contributed by atoms with Crippen molar-refractivity contribution in [2.45, 2.75) is 31.2 Å². The Bertz CT molecular complexity index is 543. The summed E-state index contributed by atoms with van der Waals surface area (Å²) in [5.74, 6) is 1.45. The first kappa shape index (κ1) is 17.8.